The fourth-order valence-electron chi connectivity index (χ4n) is 1.76. The second kappa shape index (κ2) is 4.40. The minimum absolute atomic E-state index is 0.384. The SMILES string of the molecule is NCc1cc(-c2nc3cccc(Cl)c3o2)ccn1. The Balaban J connectivity index is 2.16. The van der Waals surface area contributed by atoms with Gasteiger partial charge in [-0.1, -0.05) is 17.7 Å². The van der Waals surface area contributed by atoms with Gasteiger partial charge in [0.25, 0.3) is 0 Å². The molecule has 0 saturated heterocycles. The molecule has 0 aliphatic rings. The van der Waals surface area contributed by atoms with Crippen molar-refractivity contribution >= 4 is 22.7 Å². The van der Waals surface area contributed by atoms with Crippen molar-refractivity contribution in [3.8, 4) is 11.5 Å². The highest BCUT2D eigenvalue weighted by molar-refractivity contribution is 6.34. The van der Waals surface area contributed by atoms with Gasteiger partial charge in [0.2, 0.25) is 5.89 Å². The van der Waals surface area contributed by atoms with Crippen LogP contribution < -0.4 is 5.73 Å². The molecule has 0 spiro atoms. The molecule has 5 heteroatoms. The van der Waals surface area contributed by atoms with Crippen LogP contribution in [0.15, 0.2) is 40.9 Å². The Hall–Kier alpha value is -1.91. The van der Waals surface area contributed by atoms with Crippen LogP contribution in [-0.2, 0) is 6.54 Å². The van der Waals surface area contributed by atoms with E-state index in [0.29, 0.717) is 23.0 Å². The molecule has 0 aliphatic carbocycles. The van der Waals surface area contributed by atoms with Crippen molar-refractivity contribution in [2.24, 2.45) is 5.73 Å². The molecular formula is C13H10ClN3O. The Morgan fingerprint density at radius 2 is 2.17 bits per heavy atom. The van der Waals surface area contributed by atoms with E-state index >= 15 is 0 Å². The highest BCUT2D eigenvalue weighted by atomic mass is 35.5. The van der Waals surface area contributed by atoms with Crippen LogP contribution in [0.4, 0.5) is 0 Å². The summed E-state index contributed by atoms with van der Waals surface area (Å²) >= 11 is 6.05. The van der Waals surface area contributed by atoms with Gasteiger partial charge in [-0.3, -0.25) is 4.98 Å². The molecule has 0 bridgehead atoms. The maximum Gasteiger partial charge on any atom is 0.227 e. The van der Waals surface area contributed by atoms with Crippen molar-refractivity contribution in [2.45, 2.75) is 6.54 Å². The summed E-state index contributed by atoms with van der Waals surface area (Å²) in [4.78, 5) is 8.53. The van der Waals surface area contributed by atoms with E-state index in [-0.39, 0.29) is 0 Å². The van der Waals surface area contributed by atoms with Gasteiger partial charge in [0.15, 0.2) is 5.58 Å². The summed E-state index contributed by atoms with van der Waals surface area (Å²) in [5.41, 5.74) is 8.54. The van der Waals surface area contributed by atoms with Crippen molar-refractivity contribution in [3.05, 3.63) is 47.2 Å². The standard InChI is InChI=1S/C13H10ClN3O/c14-10-2-1-3-11-12(10)18-13(17-11)8-4-5-16-9(6-8)7-15/h1-6H,7,15H2. The van der Waals surface area contributed by atoms with Crippen molar-refractivity contribution in [1.29, 1.82) is 0 Å². The van der Waals surface area contributed by atoms with E-state index in [1.807, 2.05) is 24.3 Å². The Bertz CT molecular complexity index is 708. The third-order valence-corrected chi connectivity index (χ3v) is 2.94. The fourth-order valence-corrected chi connectivity index (χ4v) is 1.97. The van der Waals surface area contributed by atoms with Crippen LogP contribution in [0, 0.1) is 0 Å². The molecule has 4 nitrogen and oxygen atoms in total. The minimum atomic E-state index is 0.384. The summed E-state index contributed by atoms with van der Waals surface area (Å²) < 4.78 is 5.67. The van der Waals surface area contributed by atoms with Crippen LogP contribution in [0.1, 0.15) is 5.69 Å². The van der Waals surface area contributed by atoms with E-state index in [0.717, 1.165) is 16.8 Å². The lowest BCUT2D eigenvalue weighted by molar-refractivity contribution is 0.619. The number of aromatic nitrogens is 2. The molecule has 2 heterocycles. The van der Waals surface area contributed by atoms with Crippen LogP contribution in [0.5, 0.6) is 0 Å². The monoisotopic (exact) mass is 259 g/mol. The largest absolute Gasteiger partial charge is 0.435 e. The molecule has 2 aromatic heterocycles. The first-order valence-corrected chi connectivity index (χ1v) is 5.86. The number of oxazole rings is 1. The van der Waals surface area contributed by atoms with Gasteiger partial charge in [0.05, 0.1) is 10.7 Å². The first-order chi connectivity index (χ1) is 8.78. The topological polar surface area (TPSA) is 64.9 Å². The molecule has 3 rings (SSSR count). The number of fused-ring (bicyclic) bond motifs is 1. The van der Waals surface area contributed by atoms with Gasteiger partial charge in [0.1, 0.15) is 5.52 Å². The first kappa shape index (κ1) is 11.2. The number of pyridine rings is 1. The van der Waals surface area contributed by atoms with E-state index in [9.17, 15) is 0 Å². The summed E-state index contributed by atoms with van der Waals surface area (Å²) in [5.74, 6) is 0.523. The summed E-state index contributed by atoms with van der Waals surface area (Å²) in [6, 6.07) is 9.17. The van der Waals surface area contributed by atoms with Crippen molar-refractivity contribution in [3.63, 3.8) is 0 Å². The highest BCUT2D eigenvalue weighted by Crippen LogP contribution is 2.28. The Morgan fingerprint density at radius 3 is 2.94 bits per heavy atom. The molecule has 0 radical (unpaired) electrons. The minimum Gasteiger partial charge on any atom is -0.435 e. The number of benzene rings is 1. The van der Waals surface area contributed by atoms with Gasteiger partial charge < -0.3 is 10.2 Å². The van der Waals surface area contributed by atoms with Crippen LogP contribution in [-0.4, -0.2) is 9.97 Å². The molecule has 2 N–H and O–H groups in total. The first-order valence-electron chi connectivity index (χ1n) is 5.48. The zero-order valence-electron chi connectivity index (χ0n) is 9.43. The summed E-state index contributed by atoms with van der Waals surface area (Å²) in [5, 5.41) is 0.555. The maximum absolute atomic E-state index is 6.05. The Labute approximate surface area is 108 Å². The molecule has 18 heavy (non-hydrogen) atoms. The zero-order valence-corrected chi connectivity index (χ0v) is 10.2. The predicted octanol–water partition coefficient (Wildman–Crippen LogP) is 3.00. The maximum atomic E-state index is 6.05. The fraction of sp³-hybridized carbons (Fsp3) is 0.0769. The number of nitrogens with two attached hydrogens (primary N) is 1. The van der Waals surface area contributed by atoms with Gasteiger partial charge in [-0.15, -0.1) is 0 Å². The van der Waals surface area contributed by atoms with Crippen LogP contribution in [0.2, 0.25) is 5.02 Å². The van der Waals surface area contributed by atoms with Gasteiger partial charge >= 0.3 is 0 Å². The van der Waals surface area contributed by atoms with E-state index < -0.39 is 0 Å². The smallest absolute Gasteiger partial charge is 0.227 e. The molecule has 0 atom stereocenters. The number of nitrogens with zero attached hydrogens (tertiary/aromatic N) is 2. The van der Waals surface area contributed by atoms with Gasteiger partial charge in [-0.25, -0.2) is 4.98 Å². The van der Waals surface area contributed by atoms with Crippen molar-refractivity contribution in [2.75, 3.05) is 0 Å². The summed E-state index contributed by atoms with van der Waals surface area (Å²) in [6.07, 6.45) is 1.69. The zero-order chi connectivity index (χ0) is 12.5. The van der Waals surface area contributed by atoms with Gasteiger partial charge in [0, 0.05) is 18.3 Å². The van der Waals surface area contributed by atoms with E-state index in [4.69, 9.17) is 21.8 Å². The van der Waals surface area contributed by atoms with Crippen LogP contribution >= 0.6 is 11.6 Å². The lowest BCUT2D eigenvalue weighted by Crippen LogP contribution is -1.98. The van der Waals surface area contributed by atoms with Crippen LogP contribution in [0.25, 0.3) is 22.6 Å². The second-order valence-corrected chi connectivity index (χ2v) is 4.25. The molecule has 0 fully saturated rings. The number of hydrogen-bond donors (Lipinski definition) is 1. The van der Waals surface area contributed by atoms with Crippen molar-refractivity contribution in [1.82, 2.24) is 9.97 Å². The van der Waals surface area contributed by atoms with Crippen molar-refractivity contribution < 1.29 is 4.42 Å². The molecule has 3 aromatic rings. The lowest BCUT2D eigenvalue weighted by Gasteiger charge is -1.98. The number of para-hydroxylation sites is 1. The summed E-state index contributed by atoms with van der Waals surface area (Å²) in [7, 11) is 0. The molecule has 90 valence electrons. The van der Waals surface area contributed by atoms with E-state index in [1.54, 1.807) is 12.3 Å². The number of hydrogen-bond acceptors (Lipinski definition) is 4. The summed E-state index contributed by atoms with van der Waals surface area (Å²) in [6.45, 7) is 0.384. The third kappa shape index (κ3) is 1.85. The molecule has 1 aromatic carbocycles. The average molecular weight is 260 g/mol. The highest BCUT2D eigenvalue weighted by Gasteiger charge is 2.10. The second-order valence-electron chi connectivity index (χ2n) is 3.85. The molecule has 0 amide bonds. The van der Waals surface area contributed by atoms with Gasteiger partial charge in [-0.05, 0) is 24.3 Å². The average Bonchev–Trinajstić information content (AvgIpc) is 2.84. The molecular weight excluding hydrogens is 250 g/mol. The van der Waals surface area contributed by atoms with Gasteiger partial charge in [-0.2, -0.15) is 0 Å². The Morgan fingerprint density at radius 1 is 1.28 bits per heavy atom. The predicted molar refractivity (Wildman–Crippen MR) is 70.1 cm³/mol. The van der Waals surface area contributed by atoms with E-state index in [2.05, 4.69) is 9.97 Å². The van der Waals surface area contributed by atoms with E-state index in [1.165, 1.54) is 0 Å². The number of rotatable bonds is 2. The Kier molecular flexibility index (Phi) is 2.74. The van der Waals surface area contributed by atoms with Crippen LogP contribution in [0.3, 0.4) is 0 Å². The normalized spacial score (nSPS) is 11.0. The molecule has 0 unspecified atom stereocenters. The molecule has 0 saturated carbocycles. The lowest BCUT2D eigenvalue weighted by atomic mass is 10.2. The third-order valence-electron chi connectivity index (χ3n) is 2.64. The molecule has 0 aliphatic heterocycles. The number of halogens is 1. The quantitative estimate of drug-likeness (QED) is 0.768.